The van der Waals surface area contributed by atoms with Crippen molar-refractivity contribution in [2.45, 2.75) is 26.9 Å². The summed E-state index contributed by atoms with van der Waals surface area (Å²) in [6.07, 6.45) is 2.59. The lowest BCUT2D eigenvalue weighted by atomic mass is 9.94. The standard InChI is InChI=1S/C25H21ClN2O5/c1-5-10-28-23(29)18(15(4)20(13-27)24(28)30)12-17-7-9-22(33-17)16-6-8-21(26)19(11-16)25(31)32-14(2)3/h5-9,11-12,14H,1,10H2,2-4H3. The average Bonchev–Trinajstić information content (AvgIpc) is 3.23. The van der Waals surface area contributed by atoms with Crippen LogP contribution in [0.1, 0.15) is 36.9 Å². The molecule has 0 atom stereocenters. The van der Waals surface area contributed by atoms with Gasteiger partial charge in [0, 0.05) is 17.7 Å². The van der Waals surface area contributed by atoms with Crippen LogP contribution in [0.2, 0.25) is 5.02 Å². The van der Waals surface area contributed by atoms with Crippen LogP contribution in [0.25, 0.3) is 17.4 Å². The molecule has 33 heavy (non-hydrogen) atoms. The van der Waals surface area contributed by atoms with Crippen molar-refractivity contribution in [2.75, 3.05) is 6.54 Å². The van der Waals surface area contributed by atoms with E-state index in [4.69, 9.17) is 20.8 Å². The van der Waals surface area contributed by atoms with E-state index in [1.54, 1.807) is 51.1 Å². The maximum absolute atomic E-state index is 12.9. The van der Waals surface area contributed by atoms with Gasteiger partial charge in [-0.1, -0.05) is 17.7 Å². The topological polar surface area (TPSA) is 101 Å². The Bertz CT molecular complexity index is 1260. The van der Waals surface area contributed by atoms with E-state index in [-0.39, 0.29) is 40.0 Å². The number of nitriles is 1. The SMILES string of the molecule is C=CCN1C(=O)C(=Cc2ccc(-c3ccc(Cl)c(C(=O)OC(C)C)c3)o2)C(C)=C(C#N)C1=O. The van der Waals surface area contributed by atoms with Gasteiger partial charge in [-0.15, -0.1) is 6.58 Å². The van der Waals surface area contributed by atoms with E-state index in [0.717, 1.165) is 4.90 Å². The summed E-state index contributed by atoms with van der Waals surface area (Å²) in [7, 11) is 0. The van der Waals surface area contributed by atoms with Crippen LogP contribution >= 0.6 is 11.6 Å². The first-order valence-corrected chi connectivity index (χ1v) is 10.5. The molecular formula is C25H21ClN2O5. The third-order valence-corrected chi connectivity index (χ3v) is 5.19. The normalized spacial score (nSPS) is 15.3. The number of halogens is 1. The van der Waals surface area contributed by atoms with Crippen molar-refractivity contribution >= 4 is 35.5 Å². The van der Waals surface area contributed by atoms with Gasteiger partial charge in [0.1, 0.15) is 23.2 Å². The van der Waals surface area contributed by atoms with Gasteiger partial charge in [-0.25, -0.2) is 4.79 Å². The minimum atomic E-state index is -0.654. The van der Waals surface area contributed by atoms with E-state index in [1.807, 2.05) is 6.07 Å². The van der Waals surface area contributed by atoms with E-state index in [9.17, 15) is 19.6 Å². The first kappa shape index (κ1) is 23.8. The first-order chi connectivity index (χ1) is 15.7. The minimum absolute atomic E-state index is 0.0170. The van der Waals surface area contributed by atoms with Gasteiger partial charge in [-0.2, -0.15) is 5.26 Å². The van der Waals surface area contributed by atoms with E-state index in [0.29, 0.717) is 17.1 Å². The second-order valence-electron chi connectivity index (χ2n) is 7.53. The molecule has 2 amide bonds. The van der Waals surface area contributed by atoms with Crippen LogP contribution in [0, 0.1) is 11.3 Å². The van der Waals surface area contributed by atoms with Crippen LogP contribution in [-0.2, 0) is 14.3 Å². The van der Waals surface area contributed by atoms with Crippen LogP contribution in [0.4, 0.5) is 0 Å². The summed E-state index contributed by atoms with van der Waals surface area (Å²) >= 11 is 6.16. The lowest BCUT2D eigenvalue weighted by Crippen LogP contribution is -2.42. The van der Waals surface area contributed by atoms with Crippen LogP contribution in [0.15, 0.2) is 64.1 Å². The molecule has 168 valence electrons. The largest absolute Gasteiger partial charge is 0.459 e. The summed E-state index contributed by atoms with van der Waals surface area (Å²) in [6.45, 7) is 8.57. The lowest BCUT2D eigenvalue weighted by molar-refractivity contribution is -0.139. The number of furan rings is 1. The Hall–Kier alpha value is -3.89. The molecule has 0 saturated carbocycles. The van der Waals surface area contributed by atoms with Gasteiger partial charge < -0.3 is 9.15 Å². The molecule has 2 aromatic rings. The second kappa shape index (κ2) is 9.72. The Labute approximate surface area is 196 Å². The number of esters is 1. The number of hydrogen-bond donors (Lipinski definition) is 0. The summed E-state index contributed by atoms with van der Waals surface area (Å²) in [6, 6.07) is 10.0. The molecule has 8 heteroatoms. The Kier molecular flexibility index (Phi) is 7.00. The number of carbonyl (C=O) groups excluding carboxylic acids is 3. The fourth-order valence-electron chi connectivity index (χ4n) is 3.26. The summed E-state index contributed by atoms with van der Waals surface area (Å²) < 4.78 is 11.1. The number of benzene rings is 1. The Morgan fingerprint density at radius 2 is 2.00 bits per heavy atom. The molecule has 1 aromatic heterocycles. The molecular weight excluding hydrogens is 444 g/mol. The molecule has 0 aliphatic carbocycles. The fraction of sp³-hybridized carbons (Fsp3) is 0.200. The lowest BCUT2D eigenvalue weighted by Gasteiger charge is -2.26. The third kappa shape index (κ3) is 4.81. The number of carbonyl (C=O) groups is 3. The van der Waals surface area contributed by atoms with Crippen molar-refractivity contribution in [3.63, 3.8) is 0 Å². The van der Waals surface area contributed by atoms with Crippen LogP contribution in [0.5, 0.6) is 0 Å². The minimum Gasteiger partial charge on any atom is -0.459 e. The third-order valence-electron chi connectivity index (χ3n) is 4.86. The summed E-state index contributed by atoms with van der Waals surface area (Å²) in [5.74, 6) is -0.977. The van der Waals surface area contributed by atoms with Gasteiger partial charge in [-0.3, -0.25) is 14.5 Å². The van der Waals surface area contributed by atoms with Crippen molar-refractivity contribution < 1.29 is 23.5 Å². The van der Waals surface area contributed by atoms with Crippen LogP contribution in [-0.4, -0.2) is 35.3 Å². The summed E-state index contributed by atoms with van der Waals surface area (Å²) in [5, 5.41) is 9.65. The fourth-order valence-corrected chi connectivity index (χ4v) is 3.46. The van der Waals surface area contributed by atoms with E-state index < -0.39 is 17.8 Å². The highest BCUT2D eigenvalue weighted by atomic mass is 35.5. The van der Waals surface area contributed by atoms with Crippen molar-refractivity contribution in [2.24, 2.45) is 0 Å². The molecule has 2 heterocycles. The number of rotatable bonds is 6. The molecule has 0 saturated heterocycles. The second-order valence-corrected chi connectivity index (χ2v) is 7.94. The molecule has 3 rings (SSSR count). The van der Waals surface area contributed by atoms with Crippen LogP contribution < -0.4 is 0 Å². The number of imide groups is 1. The van der Waals surface area contributed by atoms with Gasteiger partial charge in [0.2, 0.25) is 0 Å². The van der Waals surface area contributed by atoms with Gasteiger partial charge in [0.05, 0.1) is 16.7 Å². The van der Waals surface area contributed by atoms with Gasteiger partial charge in [0.15, 0.2) is 0 Å². The number of hydrogen-bond acceptors (Lipinski definition) is 6. The molecule has 7 nitrogen and oxygen atoms in total. The van der Waals surface area contributed by atoms with Crippen molar-refractivity contribution in [1.82, 2.24) is 4.90 Å². The average molecular weight is 465 g/mol. The predicted molar refractivity (Wildman–Crippen MR) is 123 cm³/mol. The molecule has 0 N–H and O–H groups in total. The molecule has 0 bridgehead atoms. The highest BCUT2D eigenvalue weighted by Gasteiger charge is 2.34. The Balaban J connectivity index is 1.99. The number of amides is 2. The smallest absolute Gasteiger partial charge is 0.339 e. The van der Waals surface area contributed by atoms with Gasteiger partial charge in [-0.05, 0) is 62.8 Å². The highest BCUT2D eigenvalue weighted by Crippen LogP contribution is 2.31. The Morgan fingerprint density at radius 3 is 2.64 bits per heavy atom. The predicted octanol–water partition coefficient (Wildman–Crippen LogP) is 4.94. The molecule has 0 fully saturated rings. The van der Waals surface area contributed by atoms with E-state index >= 15 is 0 Å². The highest BCUT2D eigenvalue weighted by molar-refractivity contribution is 6.33. The quantitative estimate of drug-likeness (QED) is 0.259. The zero-order chi connectivity index (χ0) is 24.3. The first-order valence-electron chi connectivity index (χ1n) is 10.1. The van der Waals surface area contributed by atoms with Gasteiger partial charge >= 0.3 is 5.97 Å². The maximum Gasteiger partial charge on any atom is 0.339 e. The monoisotopic (exact) mass is 464 g/mol. The molecule has 0 radical (unpaired) electrons. The molecule has 0 spiro atoms. The molecule has 1 aromatic carbocycles. The number of ether oxygens (including phenoxy) is 1. The van der Waals surface area contributed by atoms with E-state index in [1.165, 1.54) is 12.2 Å². The molecule has 0 unspecified atom stereocenters. The number of nitrogens with zero attached hydrogens (tertiary/aromatic N) is 2. The zero-order valence-electron chi connectivity index (χ0n) is 18.3. The molecule has 1 aliphatic heterocycles. The van der Waals surface area contributed by atoms with Crippen molar-refractivity contribution in [1.29, 1.82) is 5.26 Å². The summed E-state index contributed by atoms with van der Waals surface area (Å²) in [4.78, 5) is 38.5. The summed E-state index contributed by atoms with van der Waals surface area (Å²) in [5.41, 5.74) is 1.13. The maximum atomic E-state index is 12.9. The van der Waals surface area contributed by atoms with Gasteiger partial charge in [0.25, 0.3) is 11.8 Å². The van der Waals surface area contributed by atoms with Crippen molar-refractivity contribution in [3.05, 3.63) is 76.1 Å². The zero-order valence-corrected chi connectivity index (χ0v) is 19.1. The Morgan fingerprint density at radius 1 is 1.27 bits per heavy atom. The molecule has 1 aliphatic rings. The van der Waals surface area contributed by atoms with Crippen LogP contribution in [0.3, 0.4) is 0 Å². The van der Waals surface area contributed by atoms with E-state index in [2.05, 4.69) is 6.58 Å². The van der Waals surface area contributed by atoms with Crippen molar-refractivity contribution in [3.8, 4) is 17.4 Å².